The molecule has 1 N–H and O–H groups in total. The standard InChI is InChI=1S/C22H25N3O7S3/c1-22(2,3)32-21(28)13(8-9-18(27)31-4)12-16(26)20-15(10-11-33-20)25-35(29,30)17-7-5-6-14-19(17)24-34-23-14/h5-7,10-11,13,25H,8-9,12H2,1-4H3/t13-/m1/s1. The third-order valence-corrected chi connectivity index (χ3v) is 7.69. The van der Waals surface area contributed by atoms with Gasteiger partial charge in [0, 0.05) is 12.8 Å². The van der Waals surface area contributed by atoms with Crippen molar-refractivity contribution in [3.05, 3.63) is 34.5 Å². The van der Waals surface area contributed by atoms with E-state index in [1.807, 2.05) is 0 Å². The Hall–Kier alpha value is -2.90. The van der Waals surface area contributed by atoms with Crippen LogP contribution < -0.4 is 4.72 Å². The van der Waals surface area contributed by atoms with Crippen molar-refractivity contribution in [3.63, 3.8) is 0 Å². The van der Waals surface area contributed by atoms with Crippen molar-refractivity contribution < 1.29 is 32.3 Å². The number of sulfonamides is 1. The van der Waals surface area contributed by atoms with Gasteiger partial charge in [0.25, 0.3) is 10.0 Å². The van der Waals surface area contributed by atoms with Crippen LogP contribution in [0.3, 0.4) is 0 Å². The molecule has 0 unspecified atom stereocenters. The molecule has 2 heterocycles. The first-order chi connectivity index (χ1) is 16.4. The Morgan fingerprint density at radius 1 is 1.14 bits per heavy atom. The third-order valence-electron chi connectivity index (χ3n) is 4.80. The van der Waals surface area contributed by atoms with Gasteiger partial charge in [-0.2, -0.15) is 8.75 Å². The lowest BCUT2D eigenvalue weighted by Gasteiger charge is -2.23. The van der Waals surface area contributed by atoms with Crippen LogP contribution in [0, 0.1) is 5.92 Å². The molecule has 0 saturated carbocycles. The average molecular weight is 540 g/mol. The van der Waals surface area contributed by atoms with Gasteiger partial charge in [0.1, 0.15) is 21.5 Å². The fraction of sp³-hybridized carbons (Fsp3) is 0.409. The highest BCUT2D eigenvalue weighted by atomic mass is 32.2. The van der Waals surface area contributed by atoms with E-state index in [4.69, 9.17) is 4.74 Å². The lowest BCUT2D eigenvalue weighted by Crippen LogP contribution is -2.30. The molecule has 0 bridgehead atoms. The zero-order valence-electron chi connectivity index (χ0n) is 19.6. The molecule has 188 valence electrons. The normalized spacial score (nSPS) is 12.8. The number of hydrogen-bond donors (Lipinski definition) is 1. The summed E-state index contributed by atoms with van der Waals surface area (Å²) in [4.78, 5) is 37.6. The van der Waals surface area contributed by atoms with Crippen LogP contribution in [0.2, 0.25) is 0 Å². The van der Waals surface area contributed by atoms with Crippen molar-refractivity contribution in [2.24, 2.45) is 5.92 Å². The van der Waals surface area contributed by atoms with Crippen LogP contribution in [0.25, 0.3) is 11.0 Å². The lowest BCUT2D eigenvalue weighted by molar-refractivity contribution is -0.160. The Labute approximate surface area is 211 Å². The molecule has 35 heavy (non-hydrogen) atoms. The number of esters is 2. The number of methoxy groups -OCH3 is 1. The van der Waals surface area contributed by atoms with E-state index >= 15 is 0 Å². The number of aromatic nitrogens is 2. The number of fused-ring (bicyclic) bond motifs is 1. The first-order valence-electron chi connectivity index (χ1n) is 10.6. The molecule has 1 atom stereocenters. The van der Waals surface area contributed by atoms with Crippen molar-refractivity contribution in [1.82, 2.24) is 8.75 Å². The number of ketones is 1. The van der Waals surface area contributed by atoms with Gasteiger partial charge in [-0.15, -0.1) is 11.3 Å². The number of hydrogen-bond acceptors (Lipinski definition) is 11. The van der Waals surface area contributed by atoms with Gasteiger partial charge in [-0.3, -0.25) is 19.1 Å². The van der Waals surface area contributed by atoms with Crippen LogP contribution in [-0.2, 0) is 29.1 Å². The van der Waals surface area contributed by atoms with E-state index < -0.39 is 39.3 Å². The summed E-state index contributed by atoms with van der Waals surface area (Å²) < 4.78 is 46.8. The smallest absolute Gasteiger partial charge is 0.309 e. The summed E-state index contributed by atoms with van der Waals surface area (Å²) in [7, 11) is -2.84. The molecular formula is C22H25N3O7S3. The molecule has 13 heteroatoms. The minimum Gasteiger partial charge on any atom is -0.469 e. The van der Waals surface area contributed by atoms with Crippen LogP contribution >= 0.6 is 23.1 Å². The molecule has 0 aliphatic heterocycles. The van der Waals surface area contributed by atoms with Crippen LogP contribution in [-0.4, -0.2) is 47.6 Å². The monoisotopic (exact) mass is 539 g/mol. The number of anilines is 1. The van der Waals surface area contributed by atoms with Crippen molar-refractivity contribution in [2.75, 3.05) is 11.8 Å². The van der Waals surface area contributed by atoms with Gasteiger partial charge in [-0.1, -0.05) is 6.07 Å². The minimum atomic E-state index is -4.07. The fourth-order valence-electron chi connectivity index (χ4n) is 3.20. The van der Waals surface area contributed by atoms with E-state index in [0.717, 1.165) is 23.1 Å². The van der Waals surface area contributed by atoms with Crippen molar-refractivity contribution in [3.8, 4) is 0 Å². The number of carbonyl (C=O) groups excluding carboxylic acids is 3. The van der Waals surface area contributed by atoms with Gasteiger partial charge in [0.2, 0.25) is 0 Å². The zero-order chi connectivity index (χ0) is 25.8. The summed E-state index contributed by atoms with van der Waals surface area (Å²) in [6, 6.07) is 6.10. The Bertz CT molecular complexity index is 1340. The number of thiophene rings is 1. The van der Waals surface area contributed by atoms with Crippen LogP contribution in [0.4, 0.5) is 5.69 Å². The van der Waals surface area contributed by atoms with Gasteiger partial charge in [-0.25, -0.2) is 8.42 Å². The summed E-state index contributed by atoms with van der Waals surface area (Å²) >= 11 is 1.95. The predicted molar refractivity (Wildman–Crippen MR) is 132 cm³/mol. The highest BCUT2D eigenvalue weighted by molar-refractivity contribution is 7.93. The second-order valence-corrected chi connectivity index (χ2v) is 11.7. The molecular weight excluding hydrogens is 514 g/mol. The molecule has 3 rings (SSSR count). The second-order valence-electron chi connectivity index (χ2n) is 8.63. The summed E-state index contributed by atoms with van der Waals surface area (Å²) in [5, 5.41) is 1.58. The van der Waals surface area contributed by atoms with Crippen LogP contribution in [0.5, 0.6) is 0 Å². The SMILES string of the molecule is COC(=O)CC[C@H](CC(=O)c1sccc1NS(=O)(=O)c1cccc2nsnc12)C(=O)OC(C)(C)C. The Kier molecular flexibility index (Phi) is 8.23. The number of carbonyl (C=O) groups is 3. The number of ether oxygens (including phenoxy) is 2. The van der Waals surface area contributed by atoms with E-state index in [2.05, 4.69) is 18.2 Å². The van der Waals surface area contributed by atoms with Gasteiger partial charge < -0.3 is 9.47 Å². The van der Waals surface area contributed by atoms with Crippen LogP contribution in [0.15, 0.2) is 34.5 Å². The maximum Gasteiger partial charge on any atom is 0.309 e. The highest BCUT2D eigenvalue weighted by Crippen LogP contribution is 2.30. The number of rotatable bonds is 10. The molecule has 0 radical (unpaired) electrons. The lowest BCUT2D eigenvalue weighted by atomic mass is 9.96. The first kappa shape index (κ1) is 26.7. The molecule has 0 aliphatic rings. The van der Waals surface area contributed by atoms with Crippen molar-refractivity contribution >= 4 is 67.5 Å². The summed E-state index contributed by atoms with van der Waals surface area (Å²) in [6.45, 7) is 5.11. The van der Waals surface area contributed by atoms with Gasteiger partial charge in [0.05, 0.1) is 35.3 Å². The highest BCUT2D eigenvalue weighted by Gasteiger charge is 2.30. The summed E-state index contributed by atoms with van der Waals surface area (Å²) in [5.74, 6) is -2.48. The van der Waals surface area contributed by atoms with E-state index in [1.54, 1.807) is 38.3 Å². The Morgan fingerprint density at radius 2 is 1.89 bits per heavy atom. The number of nitrogens with one attached hydrogen (secondary N) is 1. The van der Waals surface area contributed by atoms with Crippen molar-refractivity contribution in [2.45, 2.75) is 50.5 Å². The zero-order valence-corrected chi connectivity index (χ0v) is 22.0. The van der Waals surface area contributed by atoms with Gasteiger partial charge in [-0.05, 0) is 50.8 Å². The molecule has 3 aromatic rings. The topological polar surface area (TPSA) is 142 Å². The van der Waals surface area contributed by atoms with E-state index in [1.165, 1.54) is 19.2 Å². The second kappa shape index (κ2) is 10.8. The molecule has 2 aromatic heterocycles. The molecule has 0 saturated heterocycles. The minimum absolute atomic E-state index is 0.0542. The molecule has 0 amide bonds. The van der Waals surface area contributed by atoms with Crippen molar-refractivity contribution in [1.29, 1.82) is 0 Å². The fourth-order valence-corrected chi connectivity index (χ4v) is 5.91. The predicted octanol–water partition coefficient (Wildman–Crippen LogP) is 4.04. The molecule has 10 nitrogen and oxygen atoms in total. The molecule has 0 spiro atoms. The quantitative estimate of drug-likeness (QED) is 0.298. The largest absolute Gasteiger partial charge is 0.469 e. The maximum atomic E-state index is 13.1. The molecule has 1 aromatic carbocycles. The van der Waals surface area contributed by atoms with E-state index in [-0.39, 0.29) is 40.2 Å². The summed E-state index contributed by atoms with van der Waals surface area (Å²) in [5.41, 5.74) is 0.00108. The van der Waals surface area contributed by atoms with Gasteiger partial charge in [0.15, 0.2) is 5.78 Å². The number of Topliss-reactive ketones (excluding diaryl/α,β-unsaturated/α-hetero) is 1. The average Bonchev–Trinajstić information content (AvgIpc) is 3.43. The van der Waals surface area contributed by atoms with E-state index in [0.29, 0.717) is 5.52 Å². The molecule has 0 fully saturated rings. The Balaban J connectivity index is 1.82. The number of nitrogens with zero attached hydrogens (tertiary/aromatic N) is 2. The maximum absolute atomic E-state index is 13.1. The summed E-state index contributed by atoms with van der Waals surface area (Å²) in [6.07, 6.45) is -0.269. The van der Waals surface area contributed by atoms with E-state index in [9.17, 15) is 22.8 Å². The third kappa shape index (κ3) is 6.83. The Morgan fingerprint density at radius 3 is 2.57 bits per heavy atom. The molecule has 0 aliphatic carbocycles. The first-order valence-corrected chi connectivity index (χ1v) is 13.6. The number of benzene rings is 1. The van der Waals surface area contributed by atoms with Gasteiger partial charge >= 0.3 is 11.9 Å². The van der Waals surface area contributed by atoms with Crippen LogP contribution in [0.1, 0.15) is 49.7 Å².